The van der Waals surface area contributed by atoms with Gasteiger partial charge in [-0.05, 0) is 36.8 Å². The normalized spacial score (nSPS) is 13.7. The zero-order valence-corrected chi connectivity index (χ0v) is 15.6. The van der Waals surface area contributed by atoms with E-state index in [1.54, 1.807) is 11.8 Å². The van der Waals surface area contributed by atoms with Crippen molar-refractivity contribution in [2.75, 3.05) is 20.2 Å². The highest BCUT2D eigenvalue weighted by Crippen LogP contribution is 2.44. The van der Waals surface area contributed by atoms with E-state index in [-0.39, 0.29) is 28.3 Å². The maximum absolute atomic E-state index is 12.4. The summed E-state index contributed by atoms with van der Waals surface area (Å²) in [5, 5.41) is 9.67. The van der Waals surface area contributed by atoms with E-state index < -0.39 is 6.09 Å². The number of carbonyl (C=O) groups excluding carboxylic acids is 2. The van der Waals surface area contributed by atoms with E-state index in [2.05, 4.69) is 6.07 Å². The standard InChI is InChI=1S/C19H24N2O4/c1-11-13(10-20)16(25-18(23)21-8-7-9-21)17(24-6)14(12(2)22)15(11)19(3,4)5/h7-9H2,1-6H3. The first-order valence-corrected chi connectivity index (χ1v) is 8.26. The first-order chi connectivity index (χ1) is 11.6. The Morgan fingerprint density at radius 1 is 1.20 bits per heavy atom. The van der Waals surface area contributed by atoms with Crippen molar-refractivity contribution < 1.29 is 19.1 Å². The van der Waals surface area contributed by atoms with Gasteiger partial charge in [0.1, 0.15) is 11.6 Å². The molecule has 0 saturated carbocycles. The van der Waals surface area contributed by atoms with Crippen molar-refractivity contribution in [3.8, 4) is 17.6 Å². The molecule has 25 heavy (non-hydrogen) atoms. The summed E-state index contributed by atoms with van der Waals surface area (Å²) < 4.78 is 10.9. The number of benzene rings is 1. The van der Waals surface area contributed by atoms with Crippen molar-refractivity contribution >= 4 is 11.9 Å². The van der Waals surface area contributed by atoms with Crippen LogP contribution in [0.5, 0.6) is 11.5 Å². The third kappa shape index (κ3) is 3.32. The smallest absolute Gasteiger partial charge is 0.415 e. The minimum atomic E-state index is -0.529. The molecule has 1 aromatic rings. The topological polar surface area (TPSA) is 79.6 Å². The van der Waals surface area contributed by atoms with Gasteiger partial charge in [0.2, 0.25) is 0 Å². The molecule has 2 rings (SSSR count). The van der Waals surface area contributed by atoms with Gasteiger partial charge in [0.05, 0.1) is 12.7 Å². The van der Waals surface area contributed by atoms with Gasteiger partial charge in [-0.15, -0.1) is 0 Å². The van der Waals surface area contributed by atoms with Gasteiger partial charge in [-0.1, -0.05) is 20.8 Å². The SMILES string of the molecule is COc1c(OC(=O)N2CCC2)c(C#N)c(C)c(C(C)(C)C)c1C(C)=O. The molecule has 0 aromatic heterocycles. The summed E-state index contributed by atoms with van der Waals surface area (Å²) in [6.07, 6.45) is 0.399. The Bertz CT molecular complexity index is 765. The summed E-state index contributed by atoms with van der Waals surface area (Å²) in [6.45, 7) is 10.4. The fourth-order valence-electron chi connectivity index (χ4n) is 3.17. The highest BCUT2D eigenvalue weighted by Gasteiger charge is 2.33. The van der Waals surface area contributed by atoms with Crippen LogP contribution in [0.25, 0.3) is 0 Å². The summed E-state index contributed by atoms with van der Waals surface area (Å²) >= 11 is 0. The lowest BCUT2D eigenvalue weighted by molar-refractivity contribution is 0.100. The predicted octanol–water partition coefficient (Wildman–Crippen LogP) is 3.58. The van der Waals surface area contributed by atoms with Crippen LogP contribution in [0.4, 0.5) is 4.79 Å². The van der Waals surface area contributed by atoms with Crippen molar-refractivity contribution in [1.82, 2.24) is 4.90 Å². The molecule has 1 aromatic carbocycles. The number of ether oxygens (including phenoxy) is 2. The molecule has 6 heteroatoms. The Morgan fingerprint density at radius 2 is 1.80 bits per heavy atom. The van der Waals surface area contributed by atoms with Gasteiger partial charge in [-0.3, -0.25) is 4.79 Å². The lowest BCUT2D eigenvalue weighted by Crippen LogP contribution is -2.43. The van der Waals surface area contributed by atoms with Crippen molar-refractivity contribution in [1.29, 1.82) is 5.26 Å². The molecule has 0 atom stereocenters. The average Bonchev–Trinajstić information content (AvgIpc) is 2.43. The number of likely N-dealkylation sites (tertiary alicyclic amines) is 1. The molecule has 0 N–H and O–H groups in total. The molecule has 0 radical (unpaired) electrons. The number of ketones is 1. The van der Waals surface area contributed by atoms with E-state index >= 15 is 0 Å². The number of hydrogen-bond donors (Lipinski definition) is 0. The second-order valence-corrected chi connectivity index (χ2v) is 7.24. The van der Waals surface area contributed by atoms with Gasteiger partial charge < -0.3 is 14.4 Å². The Hall–Kier alpha value is -2.55. The predicted molar refractivity (Wildman–Crippen MR) is 93.4 cm³/mol. The van der Waals surface area contributed by atoms with Crippen molar-refractivity contribution in [2.24, 2.45) is 0 Å². The number of rotatable bonds is 3. The fraction of sp³-hybridized carbons (Fsp3) is 0.526. The molecule has 6 nitrogen and oxygen atoms in total. The van der Waals surface area contributed by atoms with Crippen LogP contribution < -0.4 is 9.47 Å². The van der Waals surface area contributed by atoms with Crippen LogP contribution in [0.3, 0.4) is 0 Å². The summed E-state index contributed by atoms with van der Waals surface area (Å²) in [7, 11) is 1.41. The van der Waals surface area contributed by atoms with Gasteiger partial charge >= 0.3 is 6.09 Å². The summed E-state index contributed by atoms with van der Waals surface area (Å²) in [6, 6.07) is 2.11. The minimum absolute atomic E-state index is 0.0256. The van der Waals surface area contributed by atoms with Crippen LogP contribution in [-0.2, 0) is 5.41 Å². The second-order valence-electron chi connectivity index (χ2n) is 7.24. The zero-order valence-electron chi connectivity index (χ0n) is 15.6. The highest BCUT2D eigenvalue weighted by atomic mass is 16.6. The Kier molecular flexibility index (Phi) is 5.07. The van der Waals surface area contributed by atoms with Crippen LogP contribution in [0.15, 0.2) is 0 Å². The first kappa shape index (κ1) is 18.8. The Morgan fingerprint density at radius 3 is 2.16 bits per heavy atom. The molecule has 1 saturated heterocycles. The van der Waals surface area contributed by atoms with Crippen LogP contribution in [-0.4, -0.2) is 37.0 Å². The van der Waals surface area contributed by atoms with Crippen molar-refractivity contribution in [2.45, 2.75) is 46.5 Å². The number of carbonyl (C=O) groups is 2. The Labute approximate surface area is 148 Å². The van der Waals surface area contributed by atoms with Crippen molar-refractivity contribution in [3.63, 3.8) is 0 Å². The molecule has 1 fully saturated rings. The molecule has 1 aliphatic heterocycles. The monoisotopic (exact) mass is 344 g/mol. The molecule has 0 unspecified atom stereocenters. The second kappa shape index (κ2) is 6.75. The molecule has 0 spiro atoms. The third-order valence-electron chi connectivity index (χ3n) is 4.38. The van der Waals surface area contributed by atoms with E-state index in [1.807, 2.05) is 20.8 Å². The average molecular weight is 344 g/mol. The third-order valence-corrected chi connectivity index (χ3v) is 4.38. The zero-order chi connectivity index (χ0) is 18.9. The largest absolute Gasteiger partial charge is 0.492 e. The van der Waals surface area contributed by atoms with E-state index in [4.69, 9.17) is 9.47 Å². The van der Waals surface area contributed by atoms with Crippen molar-refractivity contribution in [3.05, 3.63) is 22.3 Å². The number of nitriles is 1. The number of hydrogen-bond acceptors (Lipinski definition) is 5. The van der Waals surface area contributed by atoms with Crippen LogP contribution in [0.1, 0.15) is 61.2 Å². The van der Waals surface area contributed by atoms with Gasteiger partial charge in [0, 0.05) is 13.1 Å². The molecule has 1 heterocycles. The molecule has 1 amide bonds. The molecule has 0 bridgehead atoms. The number of methoxy groups -OCH3 is 1. The lowest BCUT2D eigenvalue weighted by atomic mass is 9.78. The summed E-state index contributed by atoms with van der Waals surface area (Å²) in [4.78, 5) is 26.2. The first-order valence-electron chi connectivity index (χ1n) is 8.26. The van der Waals surface area contributed by atoms with Gasteiger partial charge in [-0.2, -0.15) is 5.26 Å². The maximum atomic E-state index is 12.4. The number of Topliss-reactive ketones (excluding diaryl/α,β-unsaturated/α-hetero) is 1. The number of nitrogens with zero attached hydrogens (tertiary/aromatic N) is 2. The van der Waals surface area contributed by atoms with Crippen LogP contribution >= 0.6 is 0 Å². The number of amides is 1. The fourth-order valence-corrected chi connectivity index (χ4v) is 3.17. The van der Waals surface area contributed by atoms with Crippen LogP contribution in [0.2, 0.25) is 0 Å². The molecular weight excluding hydrogens is 320 g/mol. The van der Waals surface area contributed by atoms with E-state index in [9.17, 15) is 14.9 Å². The summed E-state index contributed by atoms with van der Waals surface area (Å²) in [5.41, 5.74) is 1.56. The molecule has 134 valence electrons. The van der Waals surface area contributed by atoms with Gasteiger partial charge in [0.15, 0.2) is 17.3 Å². The highest BCUT2D eigenvalue weighted by molar-refractivity contribution is 6.01. The molecule has 0 aliphatic carbocycles. The van der Waals surface area contributed by atoms with Gasteiger partial charge in [-0.25, -0.2) is 4.79 Å². The summed E-state index contributed by atoms with van der Waals surface area (Å²) in [5.74, 6) is -0.0262. The quantitative estimate of drug-likeness (QED) is 0.783. The minimum Gasteiger partial charge on any atom is -0.492 e. The Balaban J connectivity index is 2.76. The molecule has 1 aliphatic rings. The molecular formula is C19H24N2O4. The van der Waals surface area contributed by atoms with E-state index in [1.165, 1.54) is 14.0 Å². The lowest BCUT2D eigenvalue weighted by Gasteiger charge is -2.31. The van der Waals surface area contributed by atoms with Gasteiger partial charge in [0.25, 0.3) is 0 Å². The van der Waals surface area contributed by atoms with E-state index in [0.717, 1.165) is 12.0 Å². The van der Waals surface area contributed by atoms with E-state index in [0.29, 0.717) is 24.2 Å². The maximum Gasteiger partial charge on any atom is 0.415 e. The van der Waals surface area contributed by atoms with Crippen LogP contribution in [0, 0.1) is 18.3 Å².